The number of carbonyl (C=O) groups is 1. The first-order chi connectivity index (χ1) is 7.11. The third-order valence-electron chi connectivity index (χ3n) is 1.32. The van der Waals surface area contributed by atoms with Crippen molar-refractivity contribution in [3.05, 3.63) is 34.6 Å². The summed E-state index contributed by atoms with van der Waals surface area (Å²) in [6.07, 6.45) is 0. The van der Waals surface area contributed by atoms with Crippen LogP contribution in [0.4, 0.5) is 4.39 Å². The Morgan fingerprint density at radius 3 is 2.40 bits per heavy atom. The Labute approximate surface area is 102 Å². The van der Waals surface area contributed by atoms with Crippen LogP contribution < -0.4 is 5.32 Å². The van der Waals surface area contributed by atoms with Gasteiger partial charge in [-0.2, -0.15) is 0 Å². The number of alkyl halides is 1. The summed E-state index contributed by atoms with van der Waals surface area (Å²) in [6, 6.07) is 6.49. The first-order valence-electron chi connectivity index (χ1n) is 4.34. The van der Waals surface area contributed by atoms with Crippen molar-refractivity contribution in [3.63, 3.8) is 0 Å². The maximum atomic E-state index is 12.3. The number of carbonyl (C=O) groups excluding carboxylic acids is 1. The Morgan fingerprint density at radius 2 is 2.13 bits per heavy atom. The van der Waals surface area contributed by atoms with Crippen LogP contribution in [0.5, 0.6) is 0 Å². The van der Waals surface area contributed by atoms with Gasteiger partial charge in [-0.05, 0) is 35.0 Å². The second kappa shape index (κ2) is 8.68. The molecule has 0 atom stereocenters. The van der Waals surface area contributed by atoms with Gasteiger partial charge in [0.25, 0.3) is 0 Å². The lowest BCUT2D eigenvalue weighted by Gasteiger charge is -1.92. The van der Waals surface area contributed by atoms with Crippen LogP contribution in [-0.2, 0) is 4.79 Å². The third-order valence-corrected chi connectivity index (χ3v) is 2.21. The highest BCUT2D eigenvalue weighted by molar-refractivity contribution is 9.10. The highest BCUT2D eigenvalue weighted by Crippen LogP contribution is 2.12. The number of rotatable bonds is 2. The number of amides is 1. The summed E-state index contributed by atoms with van der Waals surface area (Å²) in [7, 11) is 0. The maximum Gasteiger partial charge on any atom is 0.234 e. The summed E-state index contributed by atoms with van der Waals surface area (Å²) < 4.78 is 12.8. The van der Waals surface area contributed by atoms with Crippen LogP contribution in [-0.4, -0.2) is 18.3 Å². The van der Waals surface area contributed by atoms with Gasteiger partial charge in [0.05, 0.1) is 4.47 Å². The fourth-order valence-electron chi connectivity index (χ4n) is 0.684. The van der Waals surface area contributed by atoms with Gasteiger partial charge in [0.1, 0.15) is 11.7 Å². The van der Waals surface area contributed by atoms with Crippen LogP contribution in [0.25, 0.3) is 0 Å². The summed E-state index contributed by atoms with van der Waals surface area (Å²) in [5.41, 5.74) is 0. The second-order valence-electron chi connectivity index (χ2n) is 2.50. The molecule has 2 nitrogen and oxygen atoms in total. The van der Waals surface area contributed by atoms with E-state index >= 15 is 0 Å². The number of halogens is 3. The minimum absolute atomic E-state index is 0.0633. The van der Waals surface area contributed by atoms with Crippen LogP contribution in [0.1, 0.15) is 6.92 Å². The molecule has 84 valence electrons. The van der Waals surface area contributed by atoms with Crippen molar-refractivity contribution >= 4 is 33.4 Å². The standard InChI is InChI=1S/C6H4BrF.C4H8ClNO/c7-5-3-1-2-4-6(5)8;1-2-6-4(7)3-5/h1-4H;2-3H2,1H3,(H,6,7). The Morgan fingerprint density at radius 1 is 1.53 bits per heavy atom. The number of hydrogen-bond acceptors (Lipinski definition) is 1. The van der Waals surface area contributed by atoms with Crippen LogP contribution >= 0.6 is 27.5 Å². The smallest absolute Gasteiger partial charge is 0.234 e. The summed E-state index contributed by atoms with van der Waals surface area (Å²) in [6.45, 7) is 2.51. The molecule has 1 N–H and O–H groups in total. The molecule has 5 heteroatoms. The van der Waals surface area contributed by atoms with Gasteiger partial charge in [-0.1, -0.05) is 12.1 Å². The molecule has 0 unspecified atom stereocenters. The number of benzene rings is 1. The Kier molecular flexibility index (Phi) is 8.33. The molecule has 0 aromatic heterocycles. The van der Waals surface area contributed by atoms with Crippen molar-refractivity contribution < 1.29 is 9.18 Å². The maximum absolute atomic E-state index is 12.3. The predicted octanol–water partition coefficient (Wildman–Crippen LogP) is 2.95. The van der Waals surface area contributed by atoms with E-state index in [0.717, 1.165) is 0 Å². The van der Waals surface area contributed by atoms with Crippen LogP contribution in [0.3, 0.4) is 0 Å². The molecule has 1 rings (SSSR count). The zero-order valence-corrected chi connectivity index (χ0v) is 10.6. The average molecular weight is 297 g/mol. The van der Waals surface area contributed by atoms with E-state index < -0.39 is 0 Å². The zero-order valence-electron chi connectivity index (χ0n) is 8.27. The van der Waals surface area contributed by atoms with Gasteiger partial charge < -0.3 is 5.32 Å². The molecule has 1 aromatic carbocycles. The van der Waals surface area contributed by atoms with E-state index in [1.807, 2.05) is 6.92 Å². The van der Waals surface area contributed by atoms with Crippen LogP contribution in [0, 0.1) is 5.82 Å². The molecule has 0 aliphatic rings. The highest BCUT2D eigenvalue weighted by atomic mass is 79.9. The van der Waals surface area contributed by atoms with Gasteiger partial charge in [0.2, 0.25) is 5.91 Å². The van der Waals surface area contributed by atoms with Crippen LogP contribution in [0.15, 0.2) is 28.7 Å². The SMILES string of the molecule is CCNC(=O)CCl.Fc1ccccc1Br. The van der Waals surface area contributed by atoms with Crippen molar-refractivity contribution in [1.82, 2.24) is 5.32 Å². The van der Waals surface area contributed by atoms with E-state index in [1.165, 1.54) is 6.07 Å². The molecule has 1 aromatic rings. The van der Waals surface area contributed by atoms with Crippen LogP contribution in [0.2, 0.25) is 0 Å². The first kappa shape index (κ1) is 14.4. The summed E-state index contributed by atoms with van der Waals surface area (Å²) >= 11 is 8.14. The summed E-state index contributed by atoms with van der Waals surface area (Å²) in [4.78, 5) is 10.2. The van der Waals surface area contributed by atoms with Crippen molar-refractivity contribution in [2.24, 2.45) is 0 Å². The second-order valence-corrected chi connectivity index (χ2v) is 3.62. The summed E-state index contributed by atoms with van der Waals surface area (Å²) in [5.74, 6) is -0.259. The molecule has 0 fully saturated rings. The Bertz CT molecular complexity index is 288. The molecule has 0 bridgehead atoms. The van der Waals surface area contributed by atoms with Gasteiger partial charge in [0, 0.05) is 6.54 Å². The lowest BCUT2D eigenvalue weighted by molar-refractivity contribution is -0.118. The third kappa shape index (κ3) is 7.33. The molecule has 0 aliphatic carbocycles. The van der Waals surface area contributed by atoms with E-state index in [4.69, 9.17) is 11.6 Å². The van der Waals surface area contributed by atoms with Crippen molar-refractivity contribution in [2.45, 2.75) is 6.92 Å². The lowest BCUT2D eigenvalue weighted by atomic mass is 10.4. The van der Waals surface area contributed by atoms with Gasteiger partial charge in [-0.15, -0.1) is 11.6 Å². The minimum Gasteiger partial charge on any atom is -0.355 e. The molecule has 0 aliphatic heterocycles. The van der Waals surface area contributed by atoms with Crippen molar-refractivity contribution in [3.8, 4) is 0 Å². The average Bonchev–Trinajstić information content (AvgIpc) is 2.24. The fourth-order valence-corrected chi connectivity index (χ4v) is 1.06. The predicted molar refractivity (Wildman–Crippen MR) is 63.5 cm³/mol. The van der Waals surface area contributed by atoms with Gasteiger partial charge in [0.15, 0.2) is 0 Å². The Hall–Kier alpha value is -0.610. The van der Waals surface area contributed by atoms with E-state index in [1.54, 1.807) is 18.2 Å². The minimum atomic E-state index is -0.215. The summed E-state index contributed by atoms with van der Waals surface area (Å²) in [5, 5.41) is 2.52. The normalized spacial score (nSPS) is 8.80. The molecule has 0 saturated heterocycles. The van der Waals surface area contributed by atoms with Crippen molar-refractivity contribution in [2.75, 3.05) is 12.4 Å². The quantitative estimate of drug-likeness (QED) is 0.835. The van der Waals surface area contributed by atoms with Gasteiger partial charge in [-0.3, -0.25) is 4.79 Å². The molecule has 1 amide bonds. The molecule has 0 heterocycles. The monoisotopic (exact) mass is 295 g/mol. The molecular formula is C10H12BrClFNO. The molecule has 0 spiro atoms. The number of nitrogens with one attached hydrogen (secondary N) is 1. The van der Waals surface area contributed by atoms with Gasteiger partial charge >= 0.3 is 0 Å². The molecule has 0 radical (unpaired) electrons. The zero-order chi connectivity index (χ0) is 11.7. The van der Waals surface area contributed by atoms with E-state index in [0.29, 0.717) is 11.0 Å². The Balaban J connectivity index is 0.000000265. The highest BCUT2D eigenvalue weighted by Gasteiger charge is 1.91. The molecule has 15 heavy (non-hydrogen) atoms. The molecular weight excluding hydrogens is 284 g/mol. The van der Waals surface area contributed by atoms with E-state index in [2.05, 4.69) is 21.2 Å². The van der Waals surface area contributed by atoms with E-state index in [9.17, 15) is 9.18 Å². The fraction of sp³-hybridized carbons (Fsp3) is 0.300. The largest absolute Gasteiger partial charge is 0.355 e. The molecule has 0 saturated carbocycles. The lowest BCUT2D eigenvalue weighted by Crippen LogP contribution is -2.23. The number of hydrogen-bond donors (Lipinski definition) is 1. The topological polar surface area (TPSA) is 29.1 Å². The van der Waals surface area contributed by atoms with Crippen molar-refractivity contribution in [1.29, 1.82) is 0 Å². The van der Waals surface area contributed by atoms with E-state index in [-0.39, 0.29) is 17.6 Å². The first-order valence-corrected chi connectivity index (χ1v) is 5.67. The van der Waals surface area contributed by atoms with Gasteiger partial charge in [-0.25, -0.2) is 4.39 Å².